The van der Waals surface area contributed by atoms with Crippen molar-refractivity contribution in [2.45, 2.75) is 35.8 Å². The van der Waals surface area contributed by atoms with Crippen molar-refractivity contribution in [1.82, 2.24) is 9.88 Å². The van der Waals surface area contributed by atoms with Gasteiger partial charge in [0.2, 0.25) is 5.95 Å². The number of amides is 2. The number of anilines is 1. The van der Waals surface area contributed by atoms with Crippen LogP contribution in [-0.4, -0.2) is 34.0 Å². The van der Waals surface area contributed by atoms with Crippen molar-refractivity contribution in [2.75, 3.05) is 18.4 Å². The van der Waals surface area contributed by atoms with Gasteiger partial charge in [0.25, 0.3) is 0 Å². The number of likely N-dealkylation sites (tertiary alicyclic amines) is 1. The minimum absolute atomic E-state index is 0.280. The van der Waals surface area contributed by atoms with Crippen LogP contribution in [0.4, 0.5) is 32.4 Å². The van der Waals surface area contributed by atoms with E-state index in [1.54, 1.807) is 0 Å². The van der Waals surface area contributed by atoms with E-state index in [1.807, 2.05) is 0 Å². The summed E-state index contributed by atoms with van der Waals surface area (Å²) in [5, 5.41) is 0.882. The maximum atomic E-state index is 15.3. The van der Waals surface area contributed by atoms with Gasteiger partial charge in [-0.15, -0.1) is 0 Å². The van der Waals surface area contributed by atoms with Crippen molar-refractivity contribution in [3.05, 3.63) is 54.1 Å². The fraction of sp³-hybridized carbons (Fsp3) is 0.400. The smallest absolute Gasteiger partial charge is 0.325 e. The molecule has 1 aliphatic rings. The lowest BCUT2D eigenvalue weighted by atomic mass is 9.92. The summed E-state index contributed by atoms with van der Waals surface area (Å²) in [6, 6.07) is 6.57. The topological polar surface area (TPSA) is 45.2 Å². The SMILES string of the molecule is CC(F)(Sc1ccc(C(F)(F)F)cc1)C1CCN(C(=O)Nc2ccnc(F)c2)CC1. The Morgan fingerprint density at radius 2 is 1.77 bits per heavy atom. The van der Waals surface area contributed by atoms with Gasteiger partial charge in [-0.1, -0.05) is 11.8 Å². The molecule has 1 N–H and O–H groups in total. The molecule has 0 spiro atoms. The van der Waals surface area contributed by atoms with Crippen molar-refractivity contribution in [2.24, 2.45) is 5.92 Å². The van der Waals surface area contributed by atoms with Gasteiger partial charge in [0.15, 0.2) is 5.00 Å². The molecule has 1 saturated heterocycles. The Bertz CT molecular complexity index is 881. The molecule has 1 unspecified atom stereocenters. The highest BCUT2D eigenvalue weighted by molar-refractivity contribution is 8.00. The lowest BCUT2D eigenvalue weighted by Gasteiger charge is -2.37. The Balaban J connectivity index is 1.54. The van der Waals surface area contributed by atoms with Crippen LogP contribution < -0.4 is 5.32 Å². The van der Waals surface area contributed by atoms with Crippen molar-refractivity contribution in [1.29, 1.82) is 0 Å². The molecule has 1 atom stereocenters. The first-order chi connectivity index (χ1) is 14.0. The largest absolute Gasteiger partial charge is 0.416 e. The summed E-state index contributed by atoms with van der Waals surface area (Å²) < 4.78 is 66.4. The number of nitrogens with one attached hydrogen (secondary N) is 1. The Kier molecular flexibility index (Phi) is 6.54. The highest BCUT2D eigenvalue weighted by Crippen LogP contribution is 2.44. The van der Waals surface area contributed by atoms with Gasteiger partial charge in [-0.05, 0) is 50.1 Å². The van der Waals surface area contributed by atoms with E-state index in [1.165, 1.54) is 36.2 Å². The number of hydrogen-bond acceptors (Lipinski definition) is 3. The van der Waals surface area contributed by atoms with Crippen molar-refractivity contribution in [3.8, 4) is 0 Å². The standard InChI is InChI=1S/C20H20F5N3OS/c1-19(22,30-16-4-2-14(3-5-16)20(23,24)25)13-7-10-28(11-8-13)18(29)27-15-6-9-26-17(21)12-15/h2-6,9,12-13H,7-8,10-11H2,1H3,(H,26,27,29). The number of carbonyl (C=O) groups excluding carboxylic acids is 1. The summed E-state index contributed by atoms with van der Waals surface area (Å²) in [7, 11) is 0. The zero-order chi connectivity index (χ0) is 21.9. The molecule has 2 aromatic rings. The first-order valence-corrected chi connectivity index (χ1v) is 10.1. The number of urea groups is 1. The predicted molar refractivity (Wildman–Crippen MR) is 104 cm³/mol. The summed E-state index contributed by atoms with van der Waals surface area (Å²) in [6.07, 6.45) is -2.39. The molecule has 1 aromatic carbocycles. The molecule has 1 fully saturated rings. The van der Waals surface area contributed by atoms with Crippen LogP contribution >= 0.6 is 11.8 Å². The Morgan fingerprint density at radius 3 is 2.33 bits per heavy atom. The molecule has 0 aliphatic carbocycles. The third-order valence-corrected chi connectivity index (χ3v) is 6.23. The van der Waals surface area contributed by atoms with Gasteiger partial charge in [-0.25, -0.2) is 14.2 Å². The summed E-state index contributed by atoms with van der Waals surface area (Å²) in [4.78, 5) is 17.7. The molecular weight excluding hydrogens is 425 g/mol. The first kappa shape index (κ1) is 22.3. The number of aromatic nitrogens is 1. The van der Waals surface area contributed by atoms with E-state index in [9.17, 15) is 22.4 Å². The second-order valence-electron chi connectivity index (χ2n) is 7.17. The average Bonchev–Trinajstić information content (AvgIpc) is 2.67. The molecular formula is C20H20F5N3OS. The summed E-state index contributed by atoms with van der Waals surface area (Å²) >= 11 is 0.884. The van der Waals surface area contributed by atoms with E-state index < -0.39 is 28.7 Å². The monoisotopic (exact) mass is 445 g/mol. The second kappa shape index (κ2) is 8.79. The van der Waals surface area contributed by atoms with Crippen LogP contribution in [0.1, 0.15) is 25.3 Å². The minimum atomic E-state index is -4.43. The average molecular weight is 445 g/mol. The van der Waals surface area contributed by atoms with Crippen LogP contribution in [0.5, 0.6) is 0 Å². The Labute approximate surface area is 174 Å². The number of alkyl halides is 4. The predicted octanol–water partition coefficient (Wildman–Crippen LogP) is 5.96. The van der Waals surface area contributed by atoms with Gasteiger partial charge >= 0.3 is 12.2 Å². The highest BCUT2D eigenvalue weighted by Gasteiger charge is 2.38. The molecule has 2 heterocycles. The molecule has 162 valence electrons. The number of piperidine rings is 1. The molecule has 0 saturated carbocycles. The third kappa shape index (κ3) is 5.62. The molecule has 0 bridgehead atoms. The molecule has 0 radical (unpaired) electrons. The summed E-state index contributed by atoms with van der Waals surface area (Å²) in [6.45, 7) is 2.05. The van der Waals surface area contributed by atoms with Gasteiger partial charge in [0.1, 0.15) is 0 Å². The molecule has 30 heavy (non-hydrogen) atoms. The van der Waals surface area contributed by atoms with Gasteiger partial charge in [-0.2, -0.15) is 17.6 Å². The minimum Gasteiger partial charge on any atom is -0.325 e. The molecule has 10 heteroatoms. The Hall–Kier alpha value is -2.36. The van der Waals surface area contributed by atoms with Gasteiger partial charge in [-0.3, -0.25) is 0 Å². The molecule has 2 amide bonds. The maximum Gasteiger partial charge on any atom is 0.416 e. The van der Waals surface area contributed by atoms with Crippen LogP contribution in [-0.2, 0) is 6.18 Å². The summed E-state index contributed by atoms with van der Waals surface area (Å²) in [5.74, 6) is -1.08. The quantitative estimate of drug-likeness (QED) is 0.359. The van der Waals surface area contributed by atoms with E-state index in [-0.39, 0.29) is 11.6 Å². The van der Waals surface area contributed by atoms with Crippen molar-refractivity contribution in [3.63, 3.8) is 0 Å². The fourth-order valence-electron chi connectivity index (χ4n) is 3.31. The van der Waals surface area contributed by atoms with Crippen LogP contribution in [0.15, 0.2) is 47.5 Å². The number of halogens is 5. The van der Waals surface area contributed by atoms with Gasteiger partial charge < -0.3 is 10.2 Å². The molecule has 1 aliphatic heterocycles. The van der Waals surface area contributed by atoms with Gasteiger partial charge in [0, 0.05) is 41.9 Å². The lowest BCUT2D eigenvalue weighted by molar-refractivity contribution is -0.137. The van der Waals surface area contributed by atoms with Crippen LogP contribution in [0, 0.1) is 11.9 Å². The zero-order valence-corrected chi connectivity index (χ0v) is 16.9. The van der Waals surface area contributed by atoms with Gasteiger partial charge in [0.05, 0.1) is 5.56 Å². The molecule has 4 nitrogen and oxygen atoms in total. The fourth-order valence-corrected chi connectivity index (χ4v) is 4.44. The number of carbonyl (C=O) groups is 1. The second-order valence-corrected chi connectivity index (χ2v) is 8.64. The first-order valence-electron chi connectivity index (χ1n) is 9.27. The van der Waals surface area contributed by atoms with E-state index in [2.05, 4.69) is 10.3 Å². The number of nitrogens with zero attached hydrogens (tertiary/aromatic N) is 2. The number of rotatable bonds is 4. The molecule has 3 rings (SSSR count). The highest BCUT2D eigenvalue weighted by atomic mass is 32.2. The molecule has 1 aromatic heterocycles. The van der Waals surface area contributed by atoms with Crippen molar-refractivity contribution < 1.29 is 26.7 Å². The van der Waals surface area contributed by atoms with Crippen molar-refractivity contribution >= 4 is 23.5 Å². The third-order valence-electron chi connectivity index (χ3n) is 4.99. The Morgan fingerprint density at radius 1 is 1.13 bits per heavy atom. The zero-order valence-electron chi connectivity index (χ0n) is 16.0. The van der Waals surface area contributed by atoms with Crippen LogP contribution in [0.2, 0.25) is 0 Å². The van der Waals surface area contributed by atoms with Crippen LogP contribution in [0.25, 0.3) is 0 Å². The van der Waals surface area contributed by atoms with Crippen LogP contribution in [0.3, 0.4) is 0 Å². The summed E-state index contributed by atoms with van der Waals surface area (Å²) in [5.41, 5.74) is -0.497. The van der Waals surface area contributed by atoms with E-state index >= 15 is 4.39 Å². The van der Waals surface area contributed by atoms with E-state index in [4.69, 9.17) is 0 Å². The van der Waals surface area contributed by atoms with E-state index in [0.717, 1.165) is 30.0 Å². The number of benzene rings is 1. The number of thioether (sulfide) groups is 1. The lowest BCUT2D eigenvalue weighted by Crippen LogP contribution is -2.44. The maximum absolute atomic E-state index is 15.3. The number of pyridine rings is 1. The van der Waals surface area contributed by atoms with E-state index in [0.29, 0.717) is 30.8 Å². The number of hydrogen-bond donors (Lipinski definition) is 1. The normalized spacial score (nSPS) is 17.5.